The number of likely N-dealkylation sites (tertiary alicyclic amines) is 1. The van der Waals surface area contributed by atoms with Crippen LogP contribution < -0.4 is 9.47 Å². The SMILES string of the molecule is CN(C)CCC(Oc1ccc(C#N)cc1)c1ccc(OCCCN2CCCCC2)cc1.O=C(O)C(F)(F)F. The van der Waals surface area contributed by atoms with Gasteiger partial charge in [0.25, 0.3) is 0 Å². The molecule has 1 aliphatic rings. The summed E-state index contributed by atoms with van der Waals surface area (Å²) in [6.07, 6.45) is 0.856. The number of hydrogen-bond acceptors (Lipinski definition) is 6. The Bertz CT molecular complexity index is 1000. The molecule has 0 bridgehead atoms. The number of rotatable bonds is 11. The Morgan fingerprint density at radius 1 is 1.05 bits per heavy atom. The van der Waals surface area contributed by atoms with E-state index in [1.54, 1.807) is 12.1 Å². The zero-order chi connectivity index (χ0) is 28.0. The number of carboxylic acid groups (broad SMARTS) is 1. The van der Waals surface area contributed by atoms with E-state index >= 15 is 0 Å². The van der Waals surface area contributed by atoms with Crippen molar-refractivity contribution in [3.63, 3.8) is 0 Å². The highest BCUT2D eigenvalue weighted by Crippen LogP contribution is 2.27. The number of piperidine rings is 1. The highest BCUT2D eigenvalue weighted by atomic mass is 19.4. The van der Waals surface area contributed by atoms with Crippen LogP contribution in [0.4, 0.5) is 13.2 Å². The van der Waals surface area contributed by atoms with E-state index in [0.717, 1.165) is 49.6 Å². The van der Waals surface area contributed by atoms with Crippen LogP contribution in [0.2, 0.25) is 0 Å². The minimum Gasteiger partial charge on any atom is -0.494 e. The average molecular weight is 536 g/mol. The van der Waals surface area contributed by atoms with Crippen molar-refractivity contribution < 1.29 is 32.5 Å². The number of alkyl halides is 3. The van der Waals surface area contributed by atoms with E-state index in [-0.39, 0.29) is 6.10 Å². The molecule has 208 valence electrons. The molecule has 2 aromatic carbocycles. The van der Waals surface area contributed by atoms with Gasteiger partial charge in [0.1, 0.15) is 17.6 Å². The molecule has 7 nitrogen and oxygen atoms in total. The first-order valence-electron chi connectivity index (χ1n) is 12.6. The number of nitriles is 1. The molecule has 2 aromatic rings. The molecule has 38 heavy (non-hydrogen) atoms. The quantitative estimate of drug-likeness (QED) is 0.379. The number of hydrogen-bond donors (Lipinski definition) is 1. The minimum absolute atomic E-state index is 0.0523. The Kier molecular flexibility index (Phi) is 12.9. The summed E-state index contributed by atoms with van der Waals surface area (Å²) in [6, 6.07) is 17.7. The topological polar surface area (TPSA) is 86.0 Å². The predicted molar refractivity (Wildman–Crippen MR) is 138 cm³/mol. The van der Waals surface area contributed by atoms with Crippen LogP contribution in [-0.4, -0.2) is 73.9 Å². The van der Waals surface area contributed by atoms with Crippen molar-refractivity contribution in [2.24, 2.45) is 0 Å². The molecule has 1 unspecified atom stereocenters. The van der Waals surface area contributed by atoms with E-state index in [4.69, 9.17) is 24.6 Å². The number of ether oxygens (including phenoxy) is 2. The van der Waals surface area contributed by atoms with Crippen molar-refractivity contribution in [1.82, 2.24) is 9.80 Å². The Hall–Kier alpha value is -3.29. The van der Waals surface area contributed by atoms with Gasteiger partial charge in [-0.15, -0.1) is 0 Å². The number of carbonyl (C=O) groups is 1. The Morgan fingerprint density at radius 3 is 2.16 bits per heavy atom. The van der Waals surface area contributed by atoms with Crippen LogP contribution in [0.15, 0.2) is 48.5 Å². The third kappa shape index (κ3) is 11.8. The number of halogens is 3. The van der Waals surface area contributed by atoms with Gasteiger partial charge in [0, 0.05) is 19.5 Å². The molecule has 1 fully saturated rings. The maximum atomic E-state index is 10.6. The number of nitrogens with zero attached hydrogens (tertiary/aromatic N) is 3. The molecule has 3 rings (SSSR count). The van der Waals surface area contributed by atoms with E-state index in [9.17, 15) is 13.2 Å². The first-order chi connectivity index (χ1) is 18.1. The fourth-order valence-electron chi connectivity index (χ4n) is 3.88. The first kappa shape index (κ1) is 30.9. The zero-order valence-corrected chi connectivity index (χ0v) is 21.9. The van der Waals surface area contributed by atoms with Gasteiger partial charge in [-0.3, -0.25) is 0 Å². The van der Waals surface area contributed by atoms with Gasteiger partial charge >= 0.3 is 12.1 Å². The minimum atomic E-state index is -5.08. The molecule has 0 amide bonds. The van der Waals surface area contributed by atoms with E-state index in [0.29, 0.717) is 5.56 Å². The fourth-order valence-corrected chi connectivity index (χ4v) is 3.88. The van der Waals surface area contributed by atoms with Crippen molar-refractivity contribution in [3.8, 4) is 17.6 Å². The lowest BCUT2D eigenvalue weighted by molar-refractivity contribution is -0.192. The normalized spacial score (nSPS) is 14.7. The second kappa shape index (κ2) is 15.8. The van der Waals surface area contributed by atoms with Crippen LogP contribution >= 0.6 is 0 Å². The fraction of sp³-hybridized carbons (Fsp3) is 0.500. The Labute approximate surface area is 222 Å². The Morgan fingerprint density at radius 2 is 1.63 bits per heavy atom. The summed E-state index contributed by atoms with van der Waals surface area (Å²) >= 11 is 0. The molecule has 1 heterocycles. The number of carboxylic acids is 1. The average Bonchev–Trinajstić information content (AvgIpc) is 2.90. The van der Waals surface area contributed by atoms with E-state index in [1.165, 1.54) is 32.4 Å². The van der Waals surface area contributed by atoms with Crippen molar-refractivity contribution in [1.29, 1.82) is 5.26 Å². The molecule has 0 aliphatic carbocycles. The summed E-state index contributed by atoms with van der Waals surface area (Å²) in [5, 5.41) is 16.1. The second-order valence-corrected chi connectivity index (χ2v) is 9.31. The third-order valence-electron chi connectivity index (χ3n) is 5.93. The molecule has 0 saturated carbocycles. The number of benzene rings is 2. The lowest BCUT2D eigenvalue weighted by atomic mass is 10.1. The van der Waals surface area contributed by atoms with Crippen LogP contribution in [0.3, 0.4) is 0 Å². The van der Waals surface area contributed by atoms with Crippen molar-refractivity contribution >= 4 is 5.97 Å². The van der Waals surface area contributed by atoms with Gasteiger partial charge in [-0.05, 0) is 88.4 Å². The monoisotopic (exact) mass is 535 g/mol. The molecule has 0 radical (unpaired) electrons. The molecule has 1 N–H and O–H groups in total. The number of aliphatic carboxylic acids is 1. The van der Waals surface area contributed by atoms with Gasteiger partial charge in [0.15, 0.2) is 0 Å². The van der Waals surface area contributed by atoms with Gasteiger partial charge in [-0.25, -0.2) is 4.79 Å². The maximum Gasteiger partial charge on any atom is 0.490 e. The molecular weight excluding hydrogens is 499 g/mol. The van der Waals surface area contributed by atoms with Crippen LogP contribution in [0.1, 0.15) is 49.3 Å². The molecule has 0 aromatic heterocycles. The predicted octanol–water partition coefficient (Wildman–Crippen LogP) is 5.52. The molecule has 0 spiro atoms. The van der Waals surface area contributed by atoms with Gasteiger partial charge in [0.05, 0.1) is 18.2 Å². The highest BCUT2D eigenvalue weighted by Gasteiger charge is 2.38. The van der Waals surface area contributed by atoms with Crippen LogP contribution in [-0.2, 0) is 4.79 Å². The standard InChI is InChI=1S/C26H35N3O2.C2HF3O2/c1-28(2)19-15-26(31-25-11-7-22(21-27)8-12-25)23-9-13-24(14-10-23)30-20-6-18-29-16-4-3-5-17-29;3-2(4,5)1(6)7/h7-14,26H,3-6,15-20H2,1-2H3;(H,6,7). The molecule has 1 saturated heterocycles. The largest absolute Gasteiger partial charge is 0.494 e. The summed E-state index contributed by atoms with van der Waals surface area (Å²) in [5.41, 5.74) is 1.77. The molecular formula is C28H36F3N3O4. The summed E-state index contributed by atoms with van der Waals surface area (Å²) in [4.78, 5) is 13.6. The summed E-state index contributed by atoms with van der Waals surface area (Å²) in [7, 11) is 4.14. The maximum absolute atomic E-state index is 10.6. The Balaban J connectivity index is 0.000000638. The third-order valence-corrected chi connectivity index (χ3v) is 5.93. The molecule has 10 heteroatoms. The summed E-state index contributed by atoms with van der Waals surface area (Å²) in [5.74, 6) is -1.07. The van der Waals surface area contributed by atoms with Gasteiger partial charge in [-0.1, -0.05) is 18.6 Å². The highest BCUT2D eigenvalue weighted by molar-refractivity contribution is 5.73. The van der Waals surface area contributed by atoms with Gasteiger partial charge < -0.3 is 24.4 Å². The van der Waals surface area contributed by atoms with Crippen LogP contribution in [0.25, 0.3) is 0 Å². The molecule has 1 aliphatic heterocycles. The summed E-state index contributed by atoms with van der Waals surface area (Å²) < 4.78 is 44.0. The summed E-state index contributed by atoms with van der Waals surface area (Å²) in [6.45, 7) is 5.28. The van der Waals surface area contributed by atoms with E-state index in [2.05, 4.69) is 42.1 Å². The van der Waals surface area contributed by atoms with Crippen molar-refractivity contribution in [3.05, 3.63) is 59.7 Å². The lowest BCUT2D eigenvalue weighted by Crippen LogP contribution is -2.31. The first-order valence-corrected chi connectivity index (χ1v) is 12.6. The second-order valence-electron chi connectivity index (χ2n) is 9.31. The lowest BCUT2D eigenvalue weighted by Gasteiger charge is -2.26. The van der Waals surface area contributed by atoms with Crippen LogP contribution in [0, 0.1) is 11.3 Å². The van der Waals surface area contributed by atoms with E-state index < -0.39 is 12.1 Å². The van der Waals surface area contributed by atoms with Crippen molar-refractivity contribution in [2.45, 2.75) is 44.4 Å². The smallest absolute Gasteiger partial charge is 0.490 e. The van der Waals surface area contributed by atoms with E-state index in [1.807, 2.05) is 24.3 Å². The zero-order valence-electron chi connectivity index (χ0n) is 21.9. The van der Waals surface area contributed by atoms with Crippen molar-refractivity contribution in [2.75, 3.05) is 46.9 Å². The molecule has 1 atom stereocenters. The van der Waals surface area contributed by atoms with Crippen LogP contribution in [0.5, 0.6) is 11.5 Å². The van der Waals surface area contributed by atoms with Gasteiger partial charge in [0.2, 0.25) is 0 Å². The van der Waals surface area contributed by atoms with Gasteiger partial charge in [-0.2, -0.15) is 18.4 Å².